The van der Waals surface area contributed by atoms with Gasteiger partial charge in [0.1, 0.15) is 0 Å². The van der Waals surface area contributed by atoms with Crippen LogP contribution in [0, 0.1) is 0 Å². The van der Waals surface area contributed by atoms with Crippen LogP contribution in [0.3, 0.4) is 0 Å². The molecule has 0 aromatic carbocycles. The molecule has 0 saturated heterocycles. The zero-order valence-electron chi connectivity index (χ0n) is 8.93. The van der Waals surface area contributed by atoms with Gasteiger partial charge in [-0.2, -0.15) is 0 Å². The van der Waals surface area contributed by atoms with Gasteiger partial charge in [0, 0.05) is 39.9 Å². The Morgan fingerprint density at radius 3 is 2.31 bits per heavy atom. The molecule has 0 radical (unpaired) electrons. The molecule has 0 aromatic rings. The van der Waals surface area contributed by atoms with Crippen LogP contribution in [0.15, 0.2) is 0 Å². The van der Waals surface area contributed by atoms with Gasteiger partial charge in [0.2, 0.25) is 0 Å². The van der Waals surface area contributed by atoms with E-state index in [0.717, 1.165) is 32.8 Å². The molecule has 0 bridgehead atoms. The van der Waals surface area contributed by atoms with E-state index in [1.54, 1.807) is 14.2 Å². The Morgan fingerprint density at radius 2 is 1.69 bits per heavy atom. The Morgan fingerprint density at radius 1 is 1.08 bits per heavy atom. The SMILES string of the molecule is COCCNCC(C)NCCOC. The van der Waals surface area contributed by atoms with E-state index in [1.807, 2.05) is 0 Å². The zero-order chi connectivity index (χ0) is 9.94. The lowest BCUT2D eigenvalue weighted by atomic mass is 10.3. The topological polar surface area (TPSA) is 42.5 Å². The quantitative estimate of drug-likeness (QED) is 0.496. The number of hydrogen-bond acceptors (Lipinski definition) is 4. The molecular weight excluding hydrogens is 168 g/mol. The molecule has 0 saturated carbocycles. The molecule has 0 fully saturated rings. The highest BCUT2D eigenvalue weighted by Crippen LogP contribution is 1.78. The lowest BCUT2D eigenvalue weighted by molar-refractivity contribution is 0.192. The molecular formula is C9H22N2O2. The lowest BCUT2D eigenvalue weighted by Gasteiger charge is -2.13. The van der Waals surface area contributed by atoms with Gasteiger partial charge in [-0.15, -0.1) is 0 Å². The molecule has 0 aliphatic carbocycles. The monoisotopic (exact) mass is 190 g/mol. The van der Waals surface area contributed by atoms with Crippen molar-refractivity contribution in [2.45, 2.75) is 13.0 Å². The summed E-state index contributed by atoms with van der Waals surface area (Å²) in [6.45, 7) is 6.46. The van der Waals surface area contributed by atoms with Crippen molar-refractivity contribution in [3.05, 3.63) is 0 Å². The Labute approximate surface area is 81.0 Å². The van der Waals surface area contributed by atoms with Crippen molar-refractivity contribution < 1.29 is 9.47 Å². The fourth-order valence-electron chi connectivity index (χ4n) is 0.972. The van der Waals surface area contributed by atoms with E-state index in [0.29, 0.717) is 6.04 Å². The molecule has 0 rings (SSSR count). The number of rotatable bonds is 9. The van der Waals surface area contributed by atoms with Crippen LogP contribution < -0.4 is 10.6 Å². The number of methoxy groups -OCH3 is 2. The zero-order valence-corrected chi connectivity index (χ0v) is 8.93. The first-order valence-corrected chi connectivity index (χ1v) is 4.73. The van der Waals surface area contributed by atoms with E-state index in [-0.39, 0.29) is 0 Å². The van der Waals surface area contributed by atoms with Crippen molar-refractivity contribution in [3.63, 3.8) is 0 Å². The smallest absolute Gasteiger partial charge is 0.0587 e. The molecule has 2 N–H and O–H groups in total. The molecule has 0 aliphatic rings. The Bertz CT molecular complexity index is 102. The molecule has 0 aromatic heterocycles. The molecule has 13 heavy (non-hydrogen) atoms. The summed E-state index contributed by atoms with van der Waals surface area (Å²) in [5.74, 6) is 0. The summed E-state index contributed by atoms with van der Waals surface area (Å²) in [4.78, 5) is 0. The molecule has 1 unspecified atom stereocenters. The molecule has 80 valence electrons. The van der Waals surface area contributed by atoms with Gasteiger partial charge >= 0.3 is 0 Å². The predicted molar refractivity (Wildman–Crippen MR) is 54.1 cm³/mol. The highest BCUT2D eigenvalue weighted by Gasteiger charge is 1.98. The fraction of sp³-hybridized carbons (Fsp3) is 1.00. The van der Waals surface area contributed by atoms with E-state index >= 15 is 0 Å². The summed E-state index contributed by atoms with van der Waals surface area (Å²) in [6.07, 6.45) is 0. The maximum atomic E-state index is 4.93. The van der Waals surface area contributed by atoms with Crippen molar-refractivity contribution in [1.82, 2.24) is 10.6 Å². The number of hydrogen-bond donors (Lipinski definition) is 2. The highest BCUT2D eigenvalue weighted by atomic mass is 16.5. The maximum absolute atomic E-state index is 4.93. The van der Waals surface area contributed by atoms with Gasteiger partial charge in [-0.05, 0) is 6.92 Å². The Hall–Kier alpha value is -0.160. The summed E-state index contributed by atoms with van der Waals surface area (Å²) in [5.41, 5.74) is 0. The molecule has 0 amide bonds. The van der Waals surface area contributed by atoms with E-state index in [9.17, 15) is 0 Å². The summed E-state index contributed by atoms with van der Waals surface area (Å²) >= 11 is 0. The summed E-state index contributed by atoms with van der Waals surface area (Å²) < 4.78 is 9.85. The van der Waals surface area contributed by atoms with Crippen LogP contribution in [0.25, 0.3) is 0 Å². The third-order valence-corrected chi connectivity index (χ3v) is 1.73. The van der Waals surface area contributed by atoms with Crippen molar-refractivity contribution >= 4 is 0 Å². The summed E-state index contributed by atoms with van der Waals surface area (Å²) in [6, 6.07) is 0.479. The highest BCUT2D eigenvalue weighted by molar-refractivity contribution is 4.63. The molecule has 4 heteroatoms. The van der Waals surface area contributed by atoms with Gasteiger partial charge in [0.25, 0.3) is 0 Å². The first-order chi connectivity index (χ1) is 6.31. The average Bonchev–Trinajstić information content (AvgIpc) is 2.13. The van der Waals surface area contributed by atoms with Crippen molar-refractivity contribution in [3.8, 4) is 0 Å². The van der Waals surface area contributed by atoms with Gasteiger partial charge in [-0.3, -0.25) is 0 Å². The number of ether oxygens (including phenoxy) is 2. The van der Waals surface area contributed by atoms with E-state index < -0.39 is 0 Å². The van der Waals surface area contributed by atoms with Crippen molar-refractivity contribution in [2.75, 3.05) is 47.1 Å². The lowest BCUT2D eigenvalue weighted by Crippen LogP contribution is -2.38. The molecule has 4 nitrogen and oxygen atoms in total. The molecule has 0 spiro atoms. The minimum absolute atomic E-state index is 0.479. The molecule has 1 atom stereocenters. The minimum atomic E-state index is 0.479. The normalized spacial score (nSPS) is 13.2. The first-order valence-electron chi connectivity index (χ1n) is 4.73. The van der Waals surface area contributed by atoms with Gasteiger partial charge in [0.05, 0.1) is 13.2 Å². The maximum Gasteiger partial charge on any atom is 0.0587 e. The van der Waals surface area contributed by atoms with Crippen LogP contribution in [0.5, 0.6) is 0 Å². The standard InChI is InChI=1S/C9H22N2O2/c1-9(11-5-7-13-3)8-10-4-6-12-2/h9-11H,4-8H2,1-3H3. The van der Waals surface area contributed by atoms with Gasteiger partial charge < -0.3 is 20.1 Å². The third kappa shape index (κ3) is 9.76. The van der Waals surface area contributed by atoms with E-state index in [1.165, 1.54) is 0 Å². The first kappa shape index (κ1) is 12.8. The Kier molecular flexibility index (Phi) is 9.80. The van der Waals surface area contributed by atoms with Gasteiger partial charge in [0.15, 0.2) is 0 Å². The predicted octanol–water partition coefficient (Wildman–Crippen LogP) is -0.153. The van der Waals surface area contributed by atoms with E-state index in [2.05, 4.69) is 17.6 Å². The third-order valence-electron chi connectivity index (χ3n) is 1.73. The Balaban J connectivity index is 3.05. The largest absolute Gasteiger partial charge is 0.383 e. The fourth-order valence-corrected chi connectivity index (χ4v) is 0.972. The van der Waals surface area contributed by atoms with Crippen LogP contribution in [0.4, 0.5) is 0 Å². The number of nitrogens with one attached hydrogen (secondary N) is 2. The van der Waals surface area contributed by atoms with Gasteiger partial charge in [-0.1, -0.05) is 0 Å². The second-order valence-corrected chi connectivity index (χ2v) is 3.04. The van der Waals surface area contributed by atoms with Gasteiger partial charge in [-0.25, -0.2) is 0 Å². The summed E-state index contributed by atoms with van der Waals surface area (Å²) in [7, 11) is 3.42. The second-order valence-electron chi connectivity index (χ2n) is 3.04. The van der Waals surface area contributed by atoms with E-state index in [4.69, 9.17) is 9.47 Å². The molecule has 0 heterocycles. The molecule has 0 aliphatic heterocycles. The van der Waals surface area contributed by atoms with Crippen LogP contribution in [-0.4, -0.2) is 53.1 Å². The van der Waals surface area contributed by atoms with Crippen LogP contribution in [-0.2, 0) is 9.47 Å². The van der Waals surface area contributed by atoms with Crippen molar-refractivity contribution in [2.24, 2.45) is 0 Å². The average molecular weight is 190 g/mol. The second kappa shape index (κ2) is 9.92. The minimum Gasteiger partial charge on any atom is -0.383 e. The van der Waals surface area contributed by atoms with Crippen LogP contribution in [0.1, 0.15) is 6.92 Å². The summed E-state index contributed by atoms with van der Waals surface area (Å²) in [5, 5.41) is 6.62. The van der Waals surface area contributed by atoms with Crippen LogP contribution >= 0.6 is 0 Å². The van der Waals surface area contributed by atoms with Crippen molar-refractivity contribution in [1.29, 1.82) is 0 Å². The van der Waals surface area contributed by atoms with Crippen LogP contribution in [0.2, 0.25) is 0 Å².